The van der Waals surface area contributed by atoms with Crippen molar-refractivity contribution in [2.24, 2.45) is 7.05 Å². The number of quaternary nitrogens is 1. The second-order valence-corrected chi connectivity index (χ2v) is 8.93. The first-order chi connectivity index (χ1) is 13.8. The molecule has 1 aliphatic rings. The minimum absolute atomic E-state index is 0.164. The summed E-state index contributed by atoms with van der Waals surface area (Å²) >= 11 is 0. The smallest absolute Gasteiger partial charge is 0.209 e. The molecule has 0 bridgehead atoms. The first-order valence-electron chi connectivity index (χ1n) is 11.0. The van der Waals surface area contributed by atoms with Crippen LogP contribution in [0.1, 0.15) is 47.0 Å². The normalized spacial score (nSPS) is 22.8. The van der Waals surface area contributed by atoms with E-state index >= 15 is 0 Å². The van der Waals surface area contributed by atoms with Crippen LogP contribution in [0.25, 0.3) is 10.9 Å². The van der Waals surface area contributed by atoms with E-state index < -0.39 is 0 Å². The number of nitrogens with one attached hydrogen (secondary N) is 1. The molecular weight excluding hydrogens is 361 g/mol. The Hall–Kier alpha value is -1.91. The molecule has 1 aromatic heterocycles. The van der Waals surface area contributed by atoms with Gasteiger partial charge in [-0.1, -0.05) is 24.1 Å². The molecule has 0 aliphatic carbocycles. The van der Waals surface area contributed by atoms with Crippen molar-refractivity contribution in [1.29, 1.82) is 0 Å². The molecule has 4 heteroatoms. The zero-order valence-electron chi connectivity index (χ0n) is 18.8. The van der Waals surface area contributed by atoms with E-state index in [-0.39, 0.29) is 5.82 Å². The number of aryl methyl sites for hydroxylation is 1. The standard InChI is InChI=1S/C25H37FN3/c1-6-23-18-29(15-13-27-23,14-12-20(4)9-7-8-19(2)3)25-17-21-16-22(26)10-11-24(21)28(25)5/h8,10-12,16-17,23,27H,6-7,9,13-15,18H2,1-5H3/q+1/b20-12+. The molecular formula is C25H37FN3+. The third kappa shape index (κ3) is 4.99. The fourth-order valence-electron chi connectivity index (χ4n) is 4.58. The van der Waals surface area contributed by atoms with Crippen LogP contribution in [-0.2, 0) is 7.05 Å². The number of piperazine rings is 1. The molecule has 2 atom stereocenters. The van der Waals surface area contributed by atoms with Gasteiger partial charge in [0, 0.05) is 25.0 Å². The van der Waals surface area contributed by atoms with Crippen LogP contribution in [0.5, 0.6) is 0 Å². The number of aromatic nitrogens is 1. The van der Waals surface area contributed by atoms with Gasteiger partial charge in [-0.25, -0.2) is 4.39 Å². The second kappa shape index (κ2) is 9.27. The minimum Gasteiger partial charge on any atom is -0.304 e. The summed E-state index contributed by atoms with van der Waals surface area (Å²) < 4.78 is 17.0. The van der Waals surface area contributed by atoms with Crippen LogP contribution in [0.3, 0.4) is 0 Å². The largest absolute Gasteiger partial charge is 0.304 e. The van der Waals surface area contributed by atoms with Gasteiger partial charge in [-0.05, 0) is 64.3 Å². The Labute approximate surface area is 175 Å². The van der Waals surface area contributed by atoms with Gasteiger partial charge in [-0.15, -0.1) is 0 Å². The van der Waals surface area contributed by atoms with E-state index in [1.54, 1.807) is 12.1 Å². The number of benzene rings is 1. The van der Waals surface area contributed by atoms with Crippen molar-refractivity contribution in [3.05, 3.63) is 53.4 Å². The number of rotatable bonds is 7. The van der Waals surface area contributed by atoms with Crippen LogP contribution in [-0.4, -0.2) is 36.8 Å². The van der Waals surface area contributed by atoms with Gasteiger partial charge in [0.1, 0.15) is 18.9 Å². The van der Waals surface area contributed by atoms with E-state index in [0.717, 1.165) is 60.8 Å². The fourth-order valence-corrected chi connectivity index (χ4v) is 4.58. The molecule has 0 radical (unpaired) electrons. The lowest BCUT2D eigenvalue weighted by Crippen LogP contribution is -2.64. The van der Waals surface area contributed by atoms with Gasteiger partial charge >= 0.3 is 0 Å². The Kier molecular flexibility index (Phi) is 6.97. The van der Waals surface area contributed by atoms with E-state index in [1.807, 2.05) is 6.07 Å². The Morgan fingerprint density at radius 3 is 2.76 bits per heavy atom. The summed E-state index contributed by atoms with van der Waals surface area (Å²) in [4.78, 5) is 0. The molecule has 2 aromatic rings. The van der Waals surface area contributed by atoms with Gasteiger partial charge in [0.15, 0.2) is 0 Å². The van der Waals surface area contributed by atoms with Crippen LogP contribution in [0.2, 0.25) is 0 Å². The fraction of sp³-hybridized carbons (Fsp3) is 0.520. The minimum atomic E-state index is -0.164. The van der Waals surface area contributed by atoms with Crippen molar-refractivity contribution < 1.29 is 4.39 Å². The number of halogens is 1. The molecule has 1 aromatic carbocycles. The van der Waals surface area contributed by atoms with Gasteiger partial charge in [-0.2, -0.15) is 0 Å². The molecule has 0 amide bonds. The molecule has 1 fully saturated rings. The number of fused-ring (bicyclic) bond motifs is 1. The summed E-state index contributed by atoms with van der Waals surface area (Å²) in [5.41, 5.74) is 3.95. The maximum atomic E-state index is 13.8. The van der Waals surface area contributed by atoms with Crippen molar-refractivity contribution in [2.75, 3.05) is 26.2 Å². The predicted octanol–water partition coefficient (Wildman–Crippen LogP) is 5.70. The summed E-state index contributed by atoms with van der Waals surface area (Å²) in [6, 6.07) is 7.86. The summed E-state index contributed by atoms with van der Waals surface area (Å²) in [6.45, 7) is 13.0. The van der Waals surface area contributed by atoms with E-state index in [2.05, 4.69) is 62.8 Å². The average Bonchev–Trinajstić information content (AvgIpc) is 3.02. The van der Waals surface area contributed by atoms with Crippen LogP contribution in [0.4, 0.5) is 10.2 Å². The Morgan fingerprint density at radius 1 is 1.24 bits per heavy atom. The summed E-state index contributed by atoms with van der Waals surface area (Å²) in [7, 11) is 2.13. The molecule has 1 saturated heterocycles. The summed E-state index contributed by atoms with van der Waals surface area (Å²) in [5, 5.41) is 4.67. The Balaban J connectivity index is 1.94. The maximum absolute atomic E-state index is 13.8. The SMILES string of the molecule is CCC1C[N+](C/C=C(\C)CCC=C(C)C)(c2cc3cc(F)ccc3n2C)CCN1. The molecule has 0 spiro atoms. The first kappa shape index (κ1) is 21.8. The molecule has 158 valence electrons. The van der Waals surface area contributed by atoms with Gasteiger partial charge in [0.2, 0.25) is 5.82 Å². The highest BCUT2D eigenvalue weighted by atomic mass is 19.1. The third-order valence-electron chi connectivity index (χ3n) is 6.38. The molecule has 1 aliphatic heterocycles. The third-order valence-corrected chi connectivity index (χ3v) is 6.38. The van der Waals surface area contributed by atoms with Crippen LogP contribution < -0.4 is 9.80 Å². The molecule has 3 rings (SSSR count). The van der Waals surface area contributed by atoms with E-state index in [1.165, 1.54) is 17.0 Å². The monoisotopic (exact) mass is 398 g/mol. The second-order valence-electron chi connectivity index (χ2n) is 8.93. The lowest BCUT2D eigenvalue weighted by atomic mass is 10.1. The van der Waals surface area contributed by atoms with E-state index in [0.29, 0.717) is 6.04 Å². The van der Waals surface area contributed by atoms with Crippen molar-refractivity contribution in [3.8, 4) is 0 Å². The highest BCUT2D eigenvalue weighted by Crippen LogP contribution is 2.32. The van der Waals surface area contributed by atoms with Crippen LogP contribution in [0, 0.1) is 5.82 Å². The van der Waals surface area contributed by atoms with Gasteiger partial charge in [0.25, 0.3) is 0 Å². The van der Waals surface area contributed by atoms with Gasteiger partial charge in [-0.3, -0.25) is 4.48 Å². The highest BCUT2D eigenvalue weighted by Gasteiger charge is 2.38. The Morgan fingerprint density at radius 2 is 2.03 bits per heavy atom. The molecule has 0 saturated carbocycles. The van der Waals surface area contributed by atoms with E-state index in [9.17, 15) is 4.39 Å². The quantitative estimate of drug-likeness (QED) is 0.468. The number of hydrogen-bond donors (Lipinski definition) is 1. The maximum Gasteiger partial charge on any atom is 0.209 e. The summed E-state index contributed by atoms with van der Waals surface area (Å²) in [6.07, 6.45) is 8.10. The van der Waals surface area contributed by atoms with Crippen molar-refractivity contribution >= 4 is 16.7 Å². The topological polar surface area (TPSA) is 17.0 Å². The summed E-state index contributed by atoms with van der Waals surface area (Å²) in [5.74, 6) is 1.13. The highest BCUT2D eigenvalue weighted by molar-refractivity contribution is 5.84. The number of hydrogen-bond acceptors (Lipinski definition) is 1. The van der Waals surface area contributed by atoms with Gasteiger partial charge in [0.05, 0.1) is 18.1 Å². The zero-order chi connectivity index (χ0) is 21.0. The molecule has 1 N–H and O–H groups in total. The van der Waals surface area contributed by atoms with Crippen LogP contribution >= 0.6 is 0 Å². The first-order valence-corrected chi connectivity index (χ1v) is 11.0. The molecule has 29 heavy (non-hydrogen) atoms. The number of allylic oxidation sites excluding steroid dienone is 3. The Bertz CT molecular complexity index is 904. The van der Waals surface area contributed by atoms with Crippen molar-refractivity contribution in [3.63, 3.8) is 0 Å². The zero-order valence-corrected chi connectivity index (χ0v) is 18.8. The van der Waals surface area contributed by atoms with Gasteiger partial charge < -0.3 is 9.88 Å². The molecule has 3 nitrogen and oxygen atoms in total. The molecule has 2 heterocycles. The lowest BCUT2D eigenvalue weighted by molar-refractivity contribution is 0.207. The molecule has 2 unspecified atom stereocenters. The average molecular weight is 399 g/mol. The lowest BCUT2D eigenvalue weighted by Gasteiger charge is -2.43. The predicted molar refractivity (Wildman–Crippen MR) is 124 cm³/mol. The van der Waals surface area contributed by atoms with Crippen molar-refractivity contribution in [1.82, 2.24) is 14.4 Å². The number of nitrogens with zero attached hydrogens (tertiary/aromatic N) is 2. The van der Waals surface area contributed by atoms with E-state index in [4.69, 9.17) is 0 Å². The van der Waals surface area contributed by atoms with Crippen molar-refractivity contribution in [2.45, 2.75) is 53.0 Å². The van der Waals surface area contributed by atoms with Crippen LogP contribution in [0.15, 0.2) is 47.6 Å².